The third kappa shape index (κ3) is 2.38. The standard InChI is InChI=1S/C10H19N5S/c1-3-11-7-9-12-13-14-15(9)8-10(16-2)5-4-6-10/h11H,3-8H2,1-2H3. The molecule has 0 aliphatic heterocycles. The molecule has 0 atom stereocenters. The minimum atomic E-state index is 0.385. The van der Waals surface area contributed by atoms with Crippen LogP contribution in [-0.4, -0.2) is 37.8 Å². The Labute approximate surface area is 100 Å². The maximum atomic E-state index is 4.09. The van der Waals surface area contributed by atoms with Crippen LogP contribution in [0.5, 0.6) is 0 Å². The molecule has 0 saturated heterocycles. The average Bonchev–Trinajstić information content (AvgIpc) is 2.68. The molecule has 1 aliphatic rings. The molecule has 1 aromatic heterocycles. The van der Waals surface area contributed by atoms with Gasteiger partial charge in [-0.25, -0.2) is 4.68 Å². The highest BCUT2D eigenvalue weighted by Gasteiger charge is 2.37. The van der Waals surface area contributed by atoms with Crippen molar-refractivity contribution in [2.24, 2.45) is 0 Å². The molecule has 0 spiro atoms. The van der Waals surface area contributed by atoms with E-state index in [9.17, 15) is 0 Å². The molecule has 0 radical (unpaired) electrons. The van der Waals surface area contributed by atoms with Gasteiger partial charge in [0.05, 0.1) is 13.1 Å². The Morgan fingerprint density at radius 3 is 2.88 bits per heavy atom. The van der Waals surface area contributed by atoms with Crippen LogP contribution in [0.4, 0.5) is 0 Å². The van der Waals surface area contributed by atoms with Crippen molar-refractivity contribution in [1.29, 1.82) is 0 Å². The van der Waals surface area contributed by atoms with E-state index in [4.69, 9.17) is 0 Å². The van der Waals surface area contributed by atoms with Gasteiger partial charge in [-0.2, -0.15) is 11.8 Å². The van der Waals surface area contributed by atoms with Crippen molar-refractivity contribution in [2.45, 2.75) is 44.0 Å². The normalized spacial score (nSPS) is 18.4. The lowest BCUT2D eigenvalue weighted by atomic mass is 9.84. The van der Waals surface area contributed by atoms with Gasteiger partial charge in [0.1, 0.15) is 0 Å². The molecule has 16 heavy (non-hydrogen) atoms. The van der Waals surface area contributed by atoms with E-state index in [-0.39, 0.29) is 0 Å². The predicted octanol–water partition coefficient (Wildman–Crippen LogP) is 1.07. The second kappa shape index (κ2) is 5.14. The number of hydrogen-bond donors (Lipinski definition) is 1. The summed E-state index contributed by atoms with van der Waals surface area (Å²) in [5.41, 5.74) is 0. The molecular formula is C10H19N5S. The monoisotopic (exact) mass is 241 g/mol. The molecule has 5 nitrogen and oxygen atoms in total. The number of hydrogen-bond acceptors (Lipinski definition) is 5. The summed E-state index contributed by atoms with van der Waals surface area (Å²) in [6.07, 6.45) is 6.10. The van der Waals surface area contributed by atoms with Crippen molar-refractivity contribution in [3.8, 4) is 0 Å². The van der Waals surface area contributed by atoms with Crippen LogP contribution in [0, 0.1) is 0 Å². The third-order valence-corrected chi connectivity index (χ3v) is 4.68. The lowest BCUT2D eigenvalue weighted by molar-refractivity contribution is 0.302. The van der Waals surface area contributed by atoms with Crippen LogP contribution in [0.15, 0.2) is 0 Å². The molecule has 1 heterocycles. The summed E-state index contributed by atoms with van der Waals surface area (Å²) in [7, 11) is 0. The zero-order chi connectivity index (χ0) is 11.4. The van der Waals surface area contributed by atoms with E-state index >= 15 is 0 Å². The van der Waals surface area contributed by atoms with Gasteiger partial charge in [-0.3, -0.25) is 0 Å². The molecule has 0 amide bonds. The third-order valence-electron chi connectivity index (χ3n) is 3.27. The molecule has 2 rings (SSSR count). The summed E-state index contributed by atoms with van der Waals surface area (Å²) in [6.45, 7) is 4.74. The molecule has 1 aliphatic carbocycles. The first-order valence-electron chi connectivity index (χ1n) is 5.80. The fraction of sp³-hybridized carbons (Fsp3) is 0.900. The molecule has 0 aromatic carbocycles. The van der Waals surface area contributed by atoms with Crippen LogP contribution in [-0.2, 0) is 13.1 Å². The quantitative estimate of drug-likeness (QED) is 0.807. The Kier molecular flexibility index (Phi) is 3.81. The van der Waals surface area contributed by atoms with Gasteiger partial charge in [-0.05, 0) is 36.1 Å². The van der Waals surface area contributed by atoms with E-state index in [2.05, 4.69) is 34.0 Å². The van der Waals surface area contributed by atoms with Gasteiger partial charge in [0.15, 0.2) is 5.82 Å². The largest absolute Gasteiger partial charge is 0.310 e. The van der Waals surface area contributed by atoms with E-state index in [1.165, 1.54) is 19.3 Å². The van der Waals surface area contributed by atoms with Crippen LogP contribution >= 0.6 is 11.8 Å². The van der Waals surface area contributed by atoms with Gasteiger partial charge in [0, 0.05) is 4.75 Å². The highest BCUT2D eigenvalue weighted by molar-refractivity contribution is 8.00. The highest BCUT2D eigenvalue weighted by atomic mass is 32.2. The van der Waals surface area contributed by atoms with Crippen molar-refractivity contribution >= 4 is 11.8 Å². The van der Waals surface area contributed by atoms with Crippen molar-refractivity contribution in [2.75, 3.05) is 12.8 Å². The maximum absolute atomic E-state index is 4.09. The van der Waals surface area contributed by atoms with Crippen LogP contribution in [0.2, 0.25) is 0 Å². The van der Waals surface area contributed by atoms with Crippen molar-refractivity contribution < 1.29 is 0 Å². The second-order valence-corrected chi connectivity index (χ2v) is 5.55. The SMILES string of the molecule is CCNCc1nnnn1CC1(SC)CCC1. The number of aromatic nitrogens is 4. The summed E-state index contributed by atoms with van der Waals surface area (Å²) in [5.74, 6) is 0.946. The summed E-state index contributed by atoms with van der Waals surface area (Å²) in [4.78, 5) is 0. The minimum Gasteiger partial charge on any atom is -0.310 e. The Balaban J connectivity index is 2.00. The van der Waals surface area contributed by atoms with Crippen molar-refractivity contribution in [3.63, 3.8) is 0 Å². The minimum absolute atomic E-state index is 0.385. The zero-order valence-corrected chi connectivity index (χ0v) is 10.8. The first-order chi connectivity index (χ1) is 7.79. The van der Waals surface area contributed by atoms with Gasteiger partial charge >= 0.3 is 0 Å². The average molecular weight is 241 g/mol. The zero-order valence-electron chi connectivity index (χ0n) is 9.94. The molecule has 1 N–H and O–H groups in total. The Morgan fingerprint density at radius 2 is 2.31 bits per heavy atom. The van der Waals surface area contributed by atoms with Crippen LogP contribution < -0.4 is 5.32 Å². The Morgan fingerprint density at radius 1 is 1.50 bits per heavy atom. The summed E-state index contributed by atoms with van der Waals surface area (Å²) in [6, 6.07) is 0. The Hall–Kier alpha value is -0.620. The molecule has 0 bridgehead atoms. The molecule has 90 valence electrons. The maximum Gasteiger partial charge on any atom is 0.165 e. The number of thioether (sulfide) groups is 1. The van der Waals surface area contributed by atoms with Crippen LogP contribution in [0.1, 0.15) is 32.0 Å². The number of rotatable bonds is 6. The molecular weight excluding hydrogens is 222 g/mol. The summed E-state index contributed by atoms with van der Waals surface area (Å²) < 4.78 is 2.34. The fourth-order valence-corrected chi connectivity index (χ4v) is 2.93. The second-order valence-electron chi connectivity index (χ2n) is 4.27. The molecule has 1 fully saturated rings. The van der Waals surface area contributed by atoms with E-state index in [0.717, 1.165) is 25.5 Å². The van der Waals surface area contributed by atoms with Crippen molar-refractivity contribution in [3.05, 3.63) is 5.82 Å². The van der Waals surface area contributed by atoms with Gasteiger partial charge in [0.2, 0.25) is 0 Å². The number of tetrazole rings is 1. The lowest BCUT2D eigenvalue weighted by Gasteiger charge is -2.40. The van der Waals surface area contributed by atoms with E-state index in [1.54, 1.807) is 0 Å². The number of nitrogens with zero attached hydrogens (tertiary/aromatic N) is 4. The van der Waals surface area contributed by atoms with E-state index < -0.39 is 0 Å². The van der Waals surface area contributed by atoms with Crippen molar-refractivity contribution in [1.82, 2.24) is 25.5 Å². The topological polar surface area (TPSA) is 55.6 Å². The predicted molar refractivity (Wildman–Crippen MR) is 65.3 cm³/mol. The molecule has 1 aromatic rings. The van der Waals surface area contributed by atoms with Gasteiger partial charge in [-0.15, -0.1) is 5.10 Å². The van der Waals surface area contributed by atoms with E-state index in [1.807, 2.05) is 16.4 Å². The first kappa shape index (κ1) is 11.9. The van der Waals surface area contributed by atoms with Crippen LogP contribution in [0.3, 0.4) is 0 Å². The fourth-order valence-electron chi connectivity index (χ4n) is 1.98. The molecule has 6 heteroatoms. The van der Waals surface area contributed by atoms with Gasteiger partial charge < -0.3 is 5.32 Å². The first-order valence-corrected chi connectivity index (χ1v) is 7.03. The van der Waals surface area contributed by atoms with Gasteiger partial charge in [-0.1, -0.05) is 13.3 Å². The van der Waals surface area contributed by atoms with Gasteiger partial charge in [0.25, 0.3) is 0 Å². The molecule has 1 saturated carbocycles. The smallest absolute Gasteiger partial charge is 0.165 e. The number of nitrogens with one attached hydrogen (secondary N) is 1. The summed E-state index contributed by atoms with van der Waals surface area (Å²) >= 11 is 1.95. The van der Waals surface area contributed by atoms with Crippen LogP contribution in [0.25, 0.3) is 0 Å². The lowest BCUT2D eigenvalue weighted by Crippen LogP contribution is -2.38. The molecule has 0 unspecified atom stereocenters. The summed E-state index contributed by atoms with van der Waals surface area (Å²) in [5, 5.41) is 15.2. The highest BCUT2D eigenvalue weighted by Crippen LogP contribution is 2.43. The van der Waals surface area contributed by atoms with E-state index in [0.29, 0.717) is 4.75 Å². The Bertz CT molecular complexity index is 328.